The van der Waals surface area contributed by atoms with Gasteiger partial charge >= 0.3 is 0 Å². The summed E-state index contributed by atoms with van der Waals surface area (Å²) in [4.78, 5) is 13.2. The van der Waals surface area contributed by atoms with Gasteiger partial charge in [-0.15, -0.1) is 0 Å². The van der Waals surface area contributed by atoms with E-state index < -0.39 is 0 Å². The van der Waals surface area contributed by atoms with Crippen LogP contribution in [-0.2, 0) is 0 Å². The molecule has 6 nitrogen and oxygen atoms in total. The minimum absolute atomic E-state index is 0.446. The van der Waals surface area contributed by atoms with Gasteiger partial charge in [-0.2, -0.15) is 0 Å². The van der Waals surface area contributed by atoms with Gasteiger partial charge in [0, 0.05) is 9.26 Å². The van der Waals surface area contributed by atoms with Crippen LogP contribution in [0.4, 0.5) is 28.1 Å². The van der Waals surface area contributed by atoms with Crippen LogP contribution in [-0.4, -0.2) is 15.0 Å². The second-order valence-electron chi connectivity index (χ2n) is 5.68. The monoisotopic (exact) mass is 474 g/mol. The molecule has 8 heteroatoms. The number of nitrogens with two attached hydrogens (primary N) is 1. The van der Waals surface area contributed by atoms with Gasteiger partial charge in [-0.25, -0.2) is 15.0 Å². The maximum atomic E-state index is 6.26. The van der Waals surface area contributed by atoms with Gasteiger partial charge in [-0.1, -0.05) is 23.5 Å². The number of nitrogens with one attached hydrogen (secondary N) is 2. The molecule has 0 radical (unpaired) electrons. The zero-order valence-corrected chi connectivity index (χ0v) is 16.8. The average Bonchev–Trinajstić information content (AvgIpc) is 3.04. The molecule has 0 saturated carbocycles. The Kier molecular flexibility index (Phi) is 4.60. The molecule has 0 atom stereocenters. The fourth-order valence-electron chi connectivity index (χ4n) is 2.51. The highest BCUT2D eigenvalue weighted by Gasteiger charge is 2.12. The Labute approximate surface area is 168 Å². The van der Waals surface area contributed by atoms with E-state index in [9.17, 15) is 0 Å². The quantitative estimate of drug-likeness (QED) is 0.358. The number of thiazole rings is 1. The Morgan fingerprint density at radius 3 is 2.46 bits per heavy atom. The number of para-hydroxylation sites is 1. The van der Waals surface area contributed by atoms with Gasteiger partial charge in [0.2, 0.25) is 0 Å². The maximum absolute atomic E-state index is 6.26. The molecule has 2 aromatic heterocycles. The second-order valence-corrected chi connectivity index (χ2v) is 7.96. The van der Waals surface area contributed by atoms with Crippen LogP contribution in [0.25, 0.3) is 10.2 Å². The number of benzene rings is 2. The van der Waals surface area contributed by atoms with Gasteiger partial charge in [0.1, 0.15) is 12.0 Å². The summed E-state index contributed by atoms with van der Waals surface area (Å²) in [6, 6.07) is 14.1. The molecule has 0 spiro atoms. The van der Waals surface area contributed by atoms with Crippen LogP contribution in [0.15, 0.2) is 48.8 Å². The number of aryl methyl sites for hydroxylation is 1. The van der Waals surface area contributed by atoms with E-state index in [0.717, 1.165) is 30.2 Å². The Balaban J connectivity index is 1.62. The number of hydrogen-bond donors (Lipinski definition) is 3. The van der Waals surface area contributed by atoms with Crippen molar-refractivity contribution in [1.82, 2.24) is 15.0 Å². The third kappa shape index (κ3) is 3.42. The Morgan fingerprint density at radius 1 is 1.00 bits per heavy atom. The molecule has 0 bridgehead atoms. The number of fused-ring (bicyclic) bond motifs is 1. The molecule has 4 N–H and O–H groups in total. The van der Waals surface area contributed by atoms with Crippen molar-refractivity contribution >= 4 is 72.3 Å². The number of rotatable bonds is 4. The number of aromatic nitrogens is 3. The normalized spacial score (nSPS) is 10.8. The number of halogens is 1. The highest BCUT2D eigenvalue weighted by Crippen LogP contribution is 2.33. The lowest BCUT2D eigenvalue weighted by atomic mass is 10.2. The van der Waals surface area contributed by atoms with E-state index in [-0.39, 0.29) is 0 Å². The maximum Gasteiger partial charge on any atom is 0.189 e. The van der Waals surface area contributed by atoms with Gasteiger partial charge in [-0.3, -0.25) is 0 Å². The zero-order chi connectivity index (χ0) is 18.1. The standard InChI is InChI=1S/C18H15IN6S/c1-10-3-2-4-13-15(10)24-18(26-13)25-17-14(20)16(21-9-22-17)23-12-7-5-11(19)6-8-12/h2-9H,20H2,1H3,(H2,21,22,23,24,25). The lowest BCUT2D eigenvalue weighted by Crippen LogP contribution is -2.05. The molecule has 0 aliphatic rings. The zero-order valence-electron chi connectivity index (χ0n) is 13.8. The molecule has 0 fully saturated rings. The van der Waals surface area contributed by atoms with E-state index in [1.807, 2.05) is 43.3 Å². The van der Waals surface area contributed by atoms with Crippen LogP contribution in [0, 0.1) is 10.5 Å². The van der Waals surface area contributed by atoms with Crippen LogP contribution >= 0.6 is 33.9 Å². The van der Waals surface area contributed by atoms with E-state index in [1.54, 1.807) is 11.3 Å². The molecule has 130 valence electrons. The molecule has 0 aliphatic heterocycles. The largest absolute Gasteiger partial charge is 0.393 e. The van der Waals surface area contributed by atoms with E-state index in [4.69, 9.17) is 5.73 Å². The lowest BCUT2D eigenvalue weighted by Gasteiger charge is -2.11. The smallest absolute Gasteiger partial charge is 0.189 e. The third-order valence-corrected chi connectivity index (χ3v) is 5.49. The summed E-state index contributed by atoms with van der Waals surface area (Å²) in [7, 11) is 0. The van der Waals surface area contributed by atoms with Crippen LogP contribution in [0.2, 0.25) is 0 Å². The highest BCUT2D eigenvalue weighted by molar-refractivity contribution is 14.1. The molecule has 0 amide bonds. The van der Waals surface area contributed by atoms with Crippen molar-refractivity contribution in [3.8, 4) is 0 Å². The summed E-state index contributed by atoms with van der Waals surface area (Å²) in [5.41, 5.74) is 9.75. The van der Waals surface area contributed by atoms with E-state index in [1.165, 1.54) is 6.33 Å². The molecule has 2 aromatic carbocycles. The summed E-state index contributed by atoms with van der Waals surface area (Å²) >= 11 is 3.83. The van der Waals surface area contributed by atoms with Crippen molar-refractivity contribution in [1.29, 1.82) is 0 Å². The first-order chi connectivity index (χ1) is 12.6. The topological polar surface area (TPSA) is 88.8 Å². The predicted octanol–water partition coefficient (Wildman–Crippen LogP) is 5.07. The van der Waals surface area contributed by atoms with Gasteiger partial charge < -0.3 is 16.4 Å². The Hall–Kier alpha value is -2.46. The number of nitrogen functional groups attached to an aromatic ring is 1. The molecule has 2 heterocycles. The summed E-state index contributed by atoms with van der Waals surface area (Å²) in [5, 5.41) is 7.19. The molecule has 0 aliphatic carbocycles. The minimum Gasteiger partial charge on any atom is -0.393 e. The average molecular weight is 474 g/mol. The van der Waals surface area contributed by atoms with Crippen molar-refractivity contribution in [2.45, 2.75) is 6.92 Å². The molecule has 26 heavy (non-hydrogen) atoms. The van der Waals surface area contributed by atoms with Crippen molar-refractivity contribution < 1.29 is 0 Å². The summed E-state index contributed by atoms with van der Waals surface area (Å²) in [6.45, 7) is 2.05. The summed E-state index contributed by atoms with van der Waals surface area (Å²) in [5.74, 6) is 1.09. The first kappa shape index (κ1) is 17.0. The first-order valence-electron chi connectivity index (χ1n) is 7.86. The SMILES string of the molecule is Cc1cccc2sc(Nc3ncnc(Nc4ccc(I)cc4)c3N)nc12. The van der Waals surface area contributed by atoms with Crippen molar-refractivity contribution in [3.63, 3.8) is 0 Å². The molecule has 4 aromatic rings. The highest BCUT2D eigenvalue weighted by atomic mass is 127. The van der Waals surface area contributed by atoms with E-state index in [0.29, 0.717) is 17.3 Å². The van der Waals surface area contributed by atoms with Gasteiger partial charge in [0.15, 0.2) is 16.8 Å². The van der Waals surface area contributed by atoms with Crippen LogP contribution < -0.4 is 16.4 Å². The van der Waals surface area contributed by atoms with Crippen molar-refractivity contribution in [2.75, 3.05) is 16.4 Å². The molecule has 4 rings (SSSR count). The van der Waals surface area contributed by atoms with Gasteiger partial charge in [0.25, 0.3) is 0 Å². The number of anilines is 5. The molecule has 0 unspecified atom stereocenters. The Morgan fingerprint density at radius 2 is 1.73 bits per heavy atom. The summed E-state index contributed by atoms with van der Waals surface area (Å²) in [6.07, 6.45) is 1.48. The van der Waals surface area contributed by atoms with Crippen LogP contribution in [0.1, 0.15) is 5.56 Å². The van der Waals surface area contributed by atoms with E-state index in [2.05, 4.69) is 54.2 Å². The summed E-state index contributed by atoms with van der Waals surface area (Å²) < 4.78 is 2.29. The van der Waals surface area contributed by atoms with Crippen molar-refractivity contribution in [3.05, 3.63) is 57.9 Å². The third-order valence-electron chi connectivity index (χ3n) is 3.84. The van der Waals surface area contributed by atoms with E-state index >= 15 is 0 Å². The van der Waals surface area contributed by atoms with Gasteiger partial charge in [0.05, 0.1) is 10.2 Å². The fraction of sp³-hybridized carbons (Fsp3) is 0.0556. The minimum atomic E-state index is 0.446. The number of hydrogen-bond acceptors (Lipinski definition) is 7. The first-order valence-corrected chi connectivity index (χ1v) is 9.76. The molecular formula is C18H15IN6S. The molecular weight excluding hydrogens is 459 g/mol. The van der Waals surface area contributed by atoms with Crippen molar-refractivity contribution in [2.24, 2.45) is 0 Å². The predicted molar refractivity (Wildman–Crippen MR) is 117 cm³/mol. The van der Waals surface area contributed by atoms with Gasteiger partial charge in [-0.05, 0) is 65.4 Å². The fourth-order valence-corrected chi connectivity index (χ4v) is 3.81. The van der Waals surface area contributed by atoms with Crippen LogP contribution in [0.3, 0.4) is 0 Å². The number of nitrogens with zero attached hydrogens (tertiary/aromatic N) is 3. The second kappa shape index (κ2) is 7.04. The Bertz CT molecular complexity index is 1080. The molecule has 0 saturated heterocycles. The lowest BCUT2D eigenvalue weighted by molar-refractivity contribution is 1.17. The van der Waals surface area contributed by atoms with Crippen LogP contribution in [0.5, 0.6) is 0 Å².